The molecule has 4 N–H and O–H groups in total. The Morgan fingerprint density at radius 1 is 1.06 bits per heavy atom. The maximum Gasteiger partial charge on any atom is 0.411 e. The minimum Gasteiger partial charge on any atom is -0.444 e. The van der Waals surface area contributed by atoms with E-state index in [0.717, 1.165) is 24.0 Å². The van der Waals surface area contributed by atoms with E-state index in [1.807, 2.05) is 43.3 Å². The Bertz CT molecular complexity index is 1150. The van der Waals surface area contributed by atoms with Gasteiger partial charge in [-0.3, -0.25) is 10.1 Å². The Hall–Kier alpha value is -3.71. The average Bonchev–Trinajstić information content (AvgIpc) is 3.52. The van der Waals surface area contributed by atoms with Gasteiger partial charge in [-0.25, -0.2) is 9.18 Å². The largest absolute Gasteiger partial charge is 0.444 e. The second kappa shape index (κ2) is 9.42. The molecule has 1 aliphatic carbocycles. The highest BCUT2D eigenvalue weighted by Gasteiger charge is 2.50. The molecule has 0 radical (unpaired) electrons. The summed E-state index contributed by atoms with van der Waals surface area (Å²) in [7, 11) is 0. The lowest BCUT2D eigenvalue weighted by atomic mass is 10.0. The van der Waals surface area contributed by atoms with Gasteiger partial charge in [0.05, 0.1) is 5.69 Å². The molecule has 0 spiro atoms. The molecule has 0 bridgehead atoms. The van der Waals surface area contributed by atoms with Gasteiger partial charge in [-0.2, -0.15) is 0 Å². The van der Waals surface area contributed by atoms with Crippen molar-refractivity contribution in [2.45, 2.75) is 37.8 Å². The minimum atomic E-state index is -0.599. The van der Waals surface area contributed by atoms with E-state index in [2.05, 4.69) is 10.6 Å². The number of nitrogens with one attached hydrogen (secondary N) is 2. The summed E-state index contributed by atoms with van der Waals surface area (Å²) >= 11 is 0. The zero-order valence-electron chi connectivity index (χ0n) is 18.3. The highest BCUT2D eigenvalue weighted by molar-refractivity contribution is 6.04. The third-order valence-electron chi connectivity index (χ3n) is 6.03. The predicted molar refractivity (Wildman–Crippen MR) is 126 cm³/mol. The van der Waals surface area contributed by atoms with Gasteiger partial charge in [0.15, 0.2) is 0 Å². The van der Waals surface area contributed by atoms with Crippen molar-refractivity contribution < 1.29 is 18.7 Å². The summed E-state index contributed by atoms with van der Waals surface area (Å²) < 4.78 is 19.7. The number of amides is 2. The monoisotopic (exact) mass is 447 g/mol. The lowest BCUT2D eigenvalue weighted by Crippen LogP contribution is -2.22. The van der Waals surface area contributed by atoms with Crippen LogP contribution in [0.5, 0.6) is 0 Å². The molecule has 0 aliphatic heterocycles. The Morgan fingerprint density at radius 3 is 2.42 bits per heavy atom. The second-order valence-corrected chi connectivity index (χ2v) is 8.30. The molecular formula is C26H26FN3O3. The van der Waals surface area contributed by atoms with Gasteiger partial charge >= 0.3 is 6.09 Å². The van der Waals surface area contributed by atoms with Gasteiger partial charge < -0.3 is 15.8 Å². The molecule has 3 aromatic carbocycles. The number of hydrogen-bond acceptors (Lipinski definition) is 4. The number of hydrogen-bond donors (Lipinski definition) is 3. The molecule has 0 saturated heterocycles. The van der Waals surface area contributed by atoms with E-state index < -0.39 is 17.8 Å². The van der Waals surface area contributed by atoms with Crippen LogP contribution in [0.15, 0.2) is 72.8 Å². The minimum absolute atomic E-state index is 0.107. The highest BCUT2D eigenvalue weighted by Crippen LogP contribution is 2.51. The van der Waals surface area contributed by atoms with Crippen LogP contribution in [-0.4, -0.2) is 17.5 Å². The van der Waals surface area contributed by atoms with Gasteiger partial charge in [-0.1, -0.05) is 43.3 Å². The SMILES string of the molecule is CCC1(N)CC1c1ccc(NC(=O)c2ccc(NC(=O)OCc3ccccc3)cc2)c(F)c1. The van der Waals surface area contributed by atoms with E-state index in [1.54, 1.807) is 30.3 Å². The summed E-state index contributed by atoms with van der Waals surface area (Å²) in [6.07, 6.45) is 1.08. The summed E-state index contributed by atoms with van der Waals surface area (Å²) in [4.78, 5) is 24.5. The molecule has 1 aliphatic rings. The fourth-order valence-electron chi connectivity index (χ4n) is 3.79. The number of ether oxygens (including phenoxy) is 1. The van der Waals surface area contributed by atoms with E-state index in [0.29, 0.717) is 11.3 Å². The van der Waals surface area contributed by atoms with Crippen LogP contribution in [0.25, 0.3) is 0 Å². The van der Waals surface area contributed by atoms with Crippen molar-refractivity contribution in [3.63, 3.8) is 0 Å². The van der Waals surface area contributed by atoms with Crippen LogP contribution in [0.3, 0.4) is 0 Å². The fraction of sp³-hybridized carbons (Fsp3) is 0.231. The third kappa shape index (κ3) is 5.38. The maximum atomic E-state index is 14.6. The summed E-state index contributed by atoms with van der Waals surface area (Å²) in [5.74, 6) is -0.792. The molecule has 170 valence electrons. The van der Waals surface area contributed by atoms with Crippen LogP contribution in [0.4, 0.5) is 20.6 Å². The standard InChI is InChI=1S/C26H26FN3O3/c1-2-26(28)15-21(26)19-10-13-23(22(27)14-19)30-24(31)18-8-11-20(12-9-18)29-25(32)33-16-17-6-4-3-5-7-17/h3-14,21H,2,15-16,28H2,1H3,(H,29,32)(H,30,31). The topological polar surface area (TPSA) is 93.5 Å². The van der Waals surface area contributed by atoms with E-state index in [1.165, 1.54) is 6.07 Å². The summed E-state index contributed by atoms with van der Waals surface area (Å²) in [6.45, 7) is 2.18. The van der Waals surface area contributed by atoms with Gasteiger partial charge in [-0.15, -0.1) is 0 Å². The van der Waals surface area contributed by atoms with Gasteiger partial charge in [0.25, 0.3) is 5.91 Å². The molecule has 1 saturated carbocycles. The Balaban J connectivity index is 1.31. The lowest BCUT2D eigenvalue weighted by molar-refractivity contribution is 0.102. The molecule has 2 atom stereocenters. The number of carbonyl (C=O) groups excluding carboxylic acids is 2. The molecular weight excluding hydrogens is 421 g/mol. The quantitative estimate of drug-likeness (QED) is 0.451. The van der Waals surface area contributed by atoms with E-state index in [4.69, 9.17) is 10.5 Å². The molecule has 4 rings (SSSR count). The fourth-order valence-corrected chi connectivity index (χ4v) is 3.79. The normalized spacial score (nSPS) is 18.9. The molecule has 0 aromatic heterocycles. The molecule has 7 heteroatoms. The van der Waals surface area contributed by atoms with Crippen LogP contribution in [-0.2, 0) is 11.3 Å². The van der Waals surface area contributed by atoms with Crippen molar-refractivity contribution in [2.75, 3.05) is 10.6 Å². The summed E-state index contributed by atoms with van der Waals surface area (Å²) in [5, 5.41) is 5.20. The van der Waals surface area contributed by atoms with Crippen molar-refractivity contribution in [1.29, 1.82) is 0 Å². The Morgan fingerprint density at radius 2 is 1.79 bits per heavy atom. The van der Waals surface area contributed by atoms with E-state index >= 15 is 0 Å². The van der Waals surface area contributed by atoms with Crippen LogP contribution >= 0.6 is 0 Å². The summed E-state index contributed by atoms with van der Waals surface area (Å²) in [6, 6.07) is 20.4. The number of nitrogens with two attached hydrogens (primary N) is 1. The van der Waals surface area contributed by atoms with Crippen LogP contribution in [0.1, 0.15) is 47.2 Å². The van der Waals surface area contributed by atoms with E-state index in [9.17, 15) is 14.0 Å². The molecule has 3 aromatic rings. The van der Waals surface area contributed by atoms with Gasteiger partial charge in [0.1, 0.15) is 12.4 Å². The zero-order chi connectivity index (χ0) is 23.4. The first-order valence-electron chi connectivity index (χ1n) is 10.9. The average molecular weight is 448 g/mol. The highest BCUT2D eigenvalue weighted by atomic mass is 19.1. The van der Waals surface area contributed by atoms with Crippen molar-refractivity contribution in [2.24, 2.45) is 5.73 Å². The zero-order valence-corrected chi connectivity index (χ0v) is 18.3. The van der Waals surface area contributed by atoms with Crippen LogP contribution in [0.2, 0.25) is 0 Å². The van der Waals surface area contributed by atoms with E-state index in [-0.39, 0.29) is 23.8 Å². The number of anilines is 2. The van der Waals surface area contributed by atoms with Crippen molar-refractivity contribution in [1.82, 2.24) is 0 Å². The number of carbonyl (C=O) groups is 2. The van der Waals surface area contributed by atoms with Gasteiger partial charge in [0.2, 0.25) is 0 Å². The smallest absolute Gasteiger partial charge is 0.411 e. The van der Waals surface area contributed by atoms with Gasteiger partial charge in [-0.05, 0) is 60.4 Å². The Labute approximate surface area is 192 Å². The first-order chi connectivity index (χ1) is 15.9. The van der Waals surface area contributed by atoms with Crippen molar-refractivity contribution in [3.8, 4) is 0 Å². The third-order valence-corrected chi connectivity index (χ3v) is 6.03. The van der Waals surface area contributed by atoms with Gasteiger partial charge in [0, 0.05) is 22.7 Å². The maximum absolute atomic E-state index is 14.6. The molecule has 2 amide bonds. The predicted octanol–water partition coefficient (Wildman–Crippen LogP) is 5.42. The lowest BCUT2D eigenvalue weighted by Gasteiger charge is -2.11. The number of rotatable bonds is 7. The molecule has 6 nitrogen and oxygen atoms in total. The van der Waals surface area contributed by atoms with Crippen molar-refractivity contribution in [3.05, 3.63) is 95.3 Å². The molecule has 2 unspecified atom stereocenters. The van der Waals surface area contributed by atoms with Crippen LogP contribution in [0, 0.1) is 5.82 Å². The Kier molecular flexibility index (Phi) is 6.42. The number of halogens is 1. The first-order valence-corrected chi connectivity index (χ1v) is 10.9. The second-order valence-electron chi connectivity index (χ2n) is 8.30. The number of benzene rings is 3. The molecule has 1 fully saturated rings. The van der Waals surface area contributed by atoms with Crippen LogP contribution < -0.4 is 16.4 Å². The summed E-state index contributed by atoms with van der Waals surface area (Å²) in [5.41, 5.74) is 8.62. The molecule has 0 heterocycles. The first kappa shape index (κ1) is 22.5. The molecule has 33 heavy (non-hydrogen) atoms. The van der Waals surface area contributed by atoms with Crippen molar-refractivity contribution >= 4 is 23.4 Å².